The molecule has 0 amide bonds. The van der Waals surface area contributed by atoms with Crippen LogP contribution in [-0.2, 0) is 28.6 Å². The Balaban J connectivity index is 4.27. The largest absolute Gasteiger partial charge is 0.477 e. The minimum absolute atomic E-state index is 0.0565. The number of esters is 2. The van der Waals surface area contributed by atoms with E-state index in [2.05, 4.69) is 62.5 Å². The van der Waals surface area contributed by atoms with E-state index >= 15 is 0 Å². The first-order valence-electron chi connectivity index (χ1n) is 22.7. The van der Waals surface area contributed by atoms with Crippen LogP contribution in [0.25, 0.3) is 0 Å². The lowest BCUT2D eigenvalue weighted by Gasteiger charge is -2.31. The van der Waals surface area contributed by atoms with Crippen LogP contribution >= 0.6 is 0 Å². The van der Waals surface area contributed by atoms with Gasteiger partial charge in [-0.1, -0.05) is 146 Å². The van der Waals surface area contributed by atoms with Crippen LogP contribution in [0, 0.1) is 0 Å². The molecule has 0 aliphatic carbocycles. The van der Waals surface area contributed by atoms with Crippen molar-refractivity contribution in [2.45, 2.75) is 199 Å². The number of carbonyl (C=O) groups is 3. The molecule has 0 aromatic carbocycles. The van der Waals surface area contributed by atoms with Crippen molar-refractivity contribution >= 4 is 17.9 Å². The molecule has 324 valence electrons. The number of hydrogen-bond acceptors (Lipinski definition) is 6. The minimum atomic E-state index is -0.878. The Morgan fingerprint density at radius 1 is 0.554 bits per heavy atom. The first-order chi connectivity index (χ1) is 27.1. The number of rotatable bonds is 40. The van der Waals surface area contributed by atoms with Crippen molar-refractivity contribution in [3.05, 3.63) is 48.6 Å². The molecule has 8 nitrogen and oxygen atoms in total. The van der Waals surface area contributed by atoms with Crippen LogP contribution in [0.5, 0.6) is 0 Å². The summed E-state index contributed by atoms with van der Waals surface area (Å²) >= 11 is 0. The molecule has 8 heteroatoms. The van der Waals surface area contributed by atoms with Crippen molar-refractivity contribution < 1.29 is 38.2 Å². The van der Waals surface area contributed by atoms with Crippen LogP contribution in [0.1, 0.15) is 187 Å². The van der Waals surface area contributed by atoms with Gasteiger partial charge in [-0.2, -0.15) is 0 Å². The van der Waals surface area contributed by atoms with Gasteiger partial charge in [0.1, 0.15) is 6.61 Å². The second-order valence-electron chi connectivity index (χ2n) is 16.3. The van der Waals surface area contributed by atoms with E-state index in [0.717, 1.165) is 70.6 Å². The molecule has 0 aliphatic rings. The van der Waals surface area contributed by atoms with Crippen LogP contribution < -0.4 is 0 Å². The van der Waals surface area contributed by atoms with E-state index in [-0.39, 0.29) is 36.2 Å². The highest BCUT2D eigenvalue weighted by atomic mass is 16.6. The standard InChI is InChI=1S/C48H85NO7/c1-6-8-10-12-14-16-18-20-21-22-23-24-25-26-27-29-30-32-34-36-38-46(50)55-43-44(42-54-41-40-45(48(52)53)49(3,4)5)56-47(51)39-37-35-33-31-28-19-17-15-13-11-9-7-2/h8,10,14-17,20-21,44-45H,6-7,9,11-13,18-19,22-43H2,1-5H3/p+1/b10-8+,16-14+,17-15+,21-20+. The summed E-state index contributed by atoms with van der Waals surface area (Å²) < 4.78 is 17.3. The molecule has 2 atom stereocenters. The minimum Gasteiger partial charge on any atom is -0.477 e. The predicted molar refractivity (Wildman–Crippen MR) is 234 cm³/mol. The summed E-state index contributed by atoms with van der Waals surface area (Å²) in [5.41, 5.74) is 0. The summed E-state index contributed by atoms with van der Waals surface area (Å²) in [5.74, 6) is -1.48. The van der Waals surface area contributed by atoms with Crippen LogP contribution in [0.4, 0.5) is 0 Å². The molecule has 56 heavy (non-hydrogen) atoms. The van der Waals surface area contributed by atoms with Crippen LogP contribution in [0.2, 0.25) is 0 Å². The van der Waals surface area contributed by atoms with Gasteiger partial charge in [-0.25, -0.2) is 4.79 Å². The van der Waals surface area contributed by atoms with Crippen molar-refractivity contribution in [2.24, 2.45) is 0 Å². The number of carbonyl (C=O) groups excluding carboxylic acids is 2. The van der Waals surface area contributed by atoms with Crippen LogP contribution in [0.3, 0.4) is 0 Å². The van der Waals surface area contributed by atoms with Gasteiger partial charge in [-0.05, 0) is 70.6 Å². The molecule has 1 N–H and O–H groups in total. The summed E-state index contributed by atoms with van der Waals surface area (Å²) in [4.78, 5) is 37.0. The third kappa shape index (κ3) is 36.9. The monoisotopic (exact) mass is 789 g/mol. The lowest BCUT2D eigenvalue weighted by atomic mass is 10.1. The molecular formula is C48H86NO7+. The van der Waals surface area contributed by atoms with Gasteiger partial charge in [0.05, 0.1) is 34.4 Å². The summed E-state index contributed by atoms with van der Waals surface area (Å²) in [6.07, 6.45) is 45.8. The van der Waals surface area contributed by atoms with E-state index < -0.39 is 18.1 Å². The molecule has 0 heterocycles. The van der Waals surface area contributed by atoms with Gasteiger partial charge in [0.15, 0.2) is 12.1 Å². The van der Waals surface area contributed by atoms with Gasteiger partial charge in [0.2, 0.25) is 0 Å². The number of carboxylic acid groups (broad SMARTS) is 1. The summed E-state index contributed by atoms with van der Waals surface area (Å²) in [5, 5.41) is 9.62. The zero-order valence-electron chi connectivity index (χ0n) is 36.8. The Hall–Kier alpha value is -2.71. The van der Waals surface area contributed by atoms with E-state index in [4.69, 9.17) is 14.2 Å². The third-order valence-electron chi connectivity index (χ3n) is 9.96. The van der Waals surface area contributed by atoms with Gasteiger partial charge < -0.3 is 23.8 Å². The number of carboxylic acids is 1. The van der Waals surface area contributed by atoms with Crippen LogP contribution in [0.15, 0.2) is 48.6 Å². The lowest BCUT2D eigenvalue weighted by Crippen LogP contribution is -2.50. The average Bonchev–Trinajstić information content (AvgIpc) is 3.15. The average molecular weight is 789 g/mol. The lowest BCUT2D eigenvalue weighted by molar-refractivity contribution is -0.887. The van der Waals surface area contributed by atoms with Crippen molar-refractivity contribution in [1.82, 2.24) is 0 Å². The van der Waals surface area contributed by atoms with E-state index in [1.54, 1.807) is 0 Å². The predicted octanol–water partition coefficient (Wildman–Crippen LogP) is 12.4. The maximum atomic E-state index is 12.7. The summed E-state index contributed by atoms with van der Waals surface area (Å²) in [7, 11) is 5.52. The third-order valence-corrected chi connectivity index (χ3v) is 9.96. The molecule has 0 spiro atoms. The zero-order chi connectivity index (χ0) is 41.4. The number of hydrogen-bond donors (Lipinski definition) is 1. The SMILES string of the molecule is CC/C=C/C/C=C/C/C=C/CCCCCCCCCCCCC(=O)OCC(COCCC(C(=O)O)[N+](C)(C)C)OC(=O)CCCCCCC/C=C/CCCCC. The van der Waals surface area contributed by atoms with Gasteiger partial charge in [0, 0.05) is 19.3 Å². The first kappa shape index (κ1) is 53.3. The van der Waals surface area contributed by atoms with E-state index in [9.17, 15) is 19.5 Å². The van der Waals surface area contributed by atoms with Gasteiger partial charge in [-0.3, -0.25) is 9.59 Å². The molecule has 0 radical (unpaired) electrons. The first-order valence-corrected chi connectivity index (χ1v) is 22.7. The van der Waals surface area contributed by atoms with Crippen molar-refractivity contribution in [3.63, 3.8) is 0 Å². The summed E-state index contributed by atoms with van der Waals surface area (Å²) in [6.45, 7) is 4.59. The molecule has 0 saturated heterocycles. The number of likely N-dealkylation sites (N-methyl/N-ethyl adjacent to an activating group) is 1. The number of ether oxygens (including phenoxy) is 3. The quantitative estimate of drug-likeness (QED) is 0.0286. The van der Waals surface area contributed by atoms with Gasteiger partial charge in [0.25, 0.3) is 0 Å². The van der Waals surface area contributed by atoms with Gasteiger partial charge in [-0.15, -0.1) is 0 Å². The normalized spacial score (nSPS) is 13.4. The van der Waals surface area contributed by atoms with Crippen molar-refractivity contribution in [3.8, 4) is 0 Å². The van der Waals surface area contributed by atoms with E-state index in [1.165, 1.54) is 83.5 Å². The zero-order valence-corrected chi connectivity index (χ0v) is 36.8. The Morgan fingerprint density at radius 2 is 1.00 bits per heavy atom. The summed E-state index contributed by atoms with van der Waals surface area (Å²) in [6, 6.07) is -0.616. The molecule has 0 saturated carbocycles. The Kier molecular flexibility index (Phi) is 37.2. The number of aliphatic carboxylic acids is 1. The number of unbranched alkanes of at least 4 members (excludes halogenated alkanes) is 18. The fraction of sp³-hybridized carbons (Fsp3) is 0.771. The molecule has 0 aromatic heterocycles. The highest BCUT2D eigenvalue weighted by Crippen LogP contribution is 2.14. The molecule has 2 unspecified atom stereocenters. The molecule has 0 rings (SSSR count). The van der Waals surface area contributed by atoms with Gasteiger partial charge >= 0.3 is 17.9 Å². The van der Waals surface area contributed by atoms with Crippen molar-refractivity contribution in [2.75, 3.05) is 41.0 Å². The maximum Gasteiger partial charge on any atom is 0.362 e. The Labute approximate surface area is 344 Å². The number of nitrogens with zero attached hydrogens (tertiary/aromatic N) is 1. The maximum absolute atomic E-state index is 12.7. The van der Waals surface area contributed by atoms with E-state index in [1.807, 2.05) is 21.1 Å². The Bertz CT molecular complexity index is 1060. The van der Waals surface area contributed by atoms with E-state index in [0.29, 0.717) is 19.3 Å². The molecule has 0 aliphatic heterocycles. The molecular weight excluding hydrogens is 703 g/mol. The Morgan fingerprint density at radius 3 is 1.50 bits per heavy atom. The van der Waals surface area contributed by atoms with Crippen molar-refractivity contribution in [1.29, 1.82) is 0 Å². The molecule has 0 aromatic rings. The highest BCUT2D eigenvalue weighted by Gasteiger charge is 2.31. The van der Waals surface area contributed by atoms with Crippen LogP contribution in [-0.4, -0.2) is 80.6 Å². The smallest absolute Gasteiger partial charge is 0.362 e. The number of allylic oxidation sites excluding steroid dienone is 8. The number of quaternary nitrogens is 1. The topological polar surface area (TPSA) is 99.1 Å². The second kappa shape index (κ2) is 39.1. The fourth-order valence-electron chi connectivity index (χ4n) is 6.45. The fourth-order valence-corrected chi connectivity index (χ4v) is 6.45. The molecule has 0 fully saturated rings. The second-order valence-corrected chi connectivity index (χ2v) is 16.3. The highest BCUT2D eigenvalue weighted by molar-refractivity contribution is 5.72. The molecule has 0 bridgehead atoms.